The molecule has 0 fully saturated rings. The minimum atomic E-state index is -2.14. The van der Waals surface area contributed by atoms with E-state index < -0.39 is 16.5 Å². The summed E-state index contributed by atoms with van der Waals surface area (Å²) in [5.41, 5.74) is -0.532. The lowest BCUT2D eigenvalue weighted by molar-refractivity contribution is -0.123. The topological polar surface area (TPSA) is 79.3 Å². The van der Waals surface area contributed by atoms with Gasteiger partial charge in [0.2, 0.25) is 17.0 Å². The van der Waals surface area contributed by atoms with Crippen LogP contribution in [0, 0.1) is 5.41 Å². The Morgan fingerprint density at radius 1 is 1.44 bits per heavy atom. The smallest absolute Gasteiger partial charge is 0.230 e. The third kappa shape index (κ3) is 3.39. The van der Waals surface area contributed by atoms with Gasteiger partial charge in [-0.05, 0) is 12.1 Å². The maximum Gasteiger partial charge on any atom is 0.230 e. The predicted octanol–water partition coefficient (Wildman–Crippen LogP) is 1.65. The van der Waals surface area contributed by atoms with Gasteiger partial charge in [-0.25, -0.2) is 9.19 Å². The van der Waals surface area contributed by atoms with Crippen LogP contribution in [0.4, 0.5) is 5.82 Å². The van der Waals surface area contributed by atoms with Crippen LogP contribution in [-0.4, -0.2) is 19.7 Å². The van der Waals surface area contributed by atoms with E-state index in [9.17, 15) is 9.00 Å². The van der Waals surface area contributed by atoms with Crippen molar-refractivity contribution in [2.75, 3.05) is 5.32 Å². The number of hydrogen-bond acceptors (Lipinski definition) is 3. The zero-order valence-electron chi connectivity index (χ0n) is 9.35. The summed E-state index contributed by atoms with van der Waals surface area (Å²) in [5, 5.41) is 2.60. The molecule has 16 heavy (non-hydrogen) atoms. The van der Waals surface area contributed by atoms with Crippen LogP contribution in [0.3, 0.4) is 0 Å². The zero-order valence-corrected chi connectivity index (χ0v) is 10.2. The molecule has 1 atom stereocenters. The van der Waals surface area contributed by atoms with E-state index in [2.05, 4.69) is 10.3 Å². The molecule has 6 heteroatoms. The van der Waals surface area contributed by atoms with Crippen LogP contribution in [0.25, 0.3) is 0 Å². The largest absolute Gasteiger partial charge is 0.310 e. The Bertz CT molecular complexity index is 426. The molecular formula is C10H14N2O3S. The monoisotopic (exact) mass is 242 g/mol. The van der Waals surface area contributed by atoms with Crippen molar-refractivity contribution in [1.82, 2.24) is 4.98 Å². The second-order valence-corrected chi connectivity index (χ2v) is 5.23. The highest BCUT2D eigenvalue weighted by Gasteiger charge is 2.21. The highest BCUT2D eigenvalue weighted by molar-refractivity contribution is 7.79. The van der Waals surface area contributed by atoms with Gasteiger partial charge in [-0.3, -0.25) is 4.79 Å². The molecule has 0 bridgehead atoms. The third-order valence-electron chi connectivity index (χ3n) is 1.83. The number of pyridine rings is 1. The quantitative estimate of drug-likeness (QED) is 0.773. The Morgan fingerprint density at radius 3 is 2.56 bits per heavy atom. The lowest BCUT2D eigenvalue weighted by Gasteiger charge is -2.17. The third-order valence-corrected chi connectivity index (χ3v) is 2.41. The van der Waals surface area contributed by atoms with Crippen LogP contribution in [-0.2, 0) is 15.9 Å². The molecule has 88 valence electrons. The number of carbonyl (C=O) groups is 1. The van der Waals surface area contributed by atoms with Gasteiger partial charge >= 0.3 is 0 Å². The second-order valence-electron chi connectivity index (χ2n) is 4.31. The van der Waals surface area contributed by atoms with E-state index in [4.69, 9.17) is 4.55 Å². The number of nitrogens with zero attached hydrogens (tertiary/aromatic N) is 1. The maximum absolute atomic E-state index is 11.6. The zero-order chi connectivity index (χ0) is 12.3. The average molecular weight is 242 g/mol. The van der Waals surface area contributed by atoms with E-state index in [1.54, 1.807) is 32.9 Å². The van der Waals surface area contributed by atoms with Crippen LogP contribution < -0.4 is 5.32 Å². The molecule has 2 N–H and O–H groups in total. The molecule has 0 saturated carbocycles. The number of carbonyl (C=O) groups excluding carboxylic acids is 1. The van der Waals surface area contributed by atoms with E-state index in [1.165, 1.54) is 6.07 Å². The Hall–Kier alpha value is -1.27. The molecule has 1 aromatic heterocycles. The van der Waals surface area contributed by atoms with E-state index in [-0.39, 0.29) is 16.8 Å². The molecule has 1 unspecified atom stereocenters. The van der Waals surface area contributed by atoms with Crippen molar-refractivity contribution < 1.29 is 13.6 Å². The second kappa shape index (κ2) is 4.71. The number of nitrogens with one attached hydrogen (secondary N) is 1. The summed E-state index contributed by atoms with van der Waals surface area (Å²) in [5.74, 6) is 0.0840. The number of amides is 1. The van der Waals surface area contributed by atoms with E-state index in [0.29, 0.717) is 0 Å². The molecule has 1 rings (SSSR count). The molecule has 1 aromatic rings. The van der Waals surface area contributed by atoms with Gasteiger partial charge in [-0.1, -0.05) is 26.8 Å². The van der Waals surface area contributed by atoms with Crippen molar-refractivity contribution in [3.8, 4) is 0 Å². The summed E-state index contributed by atoms with van der Waals surface area (Å²) < 4.78 is 19.6. The lowest BCUT2D eigenvalue weighted by atomic mass is 9.96. The van der Waals surface area contributed by atoms with Crippen molar-refractivity contribution in [2.45, 2.75) is 25.8 Å². The fourth-order valence-corrected chi connectivity index (χ4v) is 1.26. The van der Waals surface area contributed by atoms with Crippen molar-refractivity contribution >= 4 is 22.8 Å². The lowest BCUT2D eigenvalue weighted by Crippen LogP contribution is -2.28. The Balaban J connectivity index is 2.87. The van der Waals surface area contributed by atoms with Gasteiger partial charge < -0.3 is 9.87 Å². The molecule has 0 aliphatic rings. The number of aromatic nitrogens is 1. The fourth-order valence-electron chi connectivity index (χ4n) is 0.886. The summed E-state index contributed by atoms with van der Waals surface area (Å²) in [6.45, 7) is 5.32. The van der Waals surface area contributed by atoms with E-state index in [1.807, 2.05) is 0 Å². The van der Waals surface area contributed by atoms with E-state index >= 15 is 0 Å². The molecule has 0 aromatic carbocycles. The summed E-state index contributed by atoms with van der Waals surface area (Å²) in [6.07, 6.45) is 0. The van der Waals surface area contributed by atoms with Crippen molar-refractivity contribution in [2.24, 2.45) is 5.41 Å². The molecule has 0 radical (unpaired) electrons. The van der Waals surface area contributed by atoms with Crippen LogP contribution in [0.1, 0.15) is 20.8 Å². The fraction of sp³-hybridized carbons (Fsp3) is 0.400. The minimum absolute atomic E-state index is 0.0201. The van der Waals surface area contributed by atoms with Crippen LogP contribution in [0.5, 0.6) is 0 Å². The van der Waals surface area contributed by atoms with Crippen molar-refractivity contribution in [3.63, 3.8) is 0 Å². The molecule has 1 heterocycles. The first kappa shape index (κ1) is 12.8. The molecular weight excluding hydrogens is 228 g/mol. The molecule has 1 amide bonds. The normalized spacial score (nSPS) is 13.2. The molecule has 5 nitrogen and oxygen atoms in total. The number of anilines is 1. The van der Waals surface area contributed by atoms with Gasteiger partial charge in [0, 0.05) is 5.41 Å². The first-order valence-electron chi connectivity index (χ1n) is 4.70. The van der Waals surface area contributed by atoms with Gasteiger partial charge in [0.15, 0.2) is 5.03 Å². The van der Waals surface area contributed by atoms with Gasteiger partial charge in [-0.2, -0.15) is 0 Å². The molecule has 0 aliphatic carbocycles. The summed E-state index contributed by atoms with van der Waals surface area (Å²) in [4.78, 5) is 15.5. The highest BCUT2D eigenvalue weighted by Crippen LogP contribution is 2.16. The first-order chi connectivity index (χ1) is 7.30. The van der Waals surface area contributed by atoms with Crippen molar-refractivity contribution in [1.29, 1.82) is 0 Å². The van der Waals surface area contributed by atoms with E-state index in [0.717, 1.165) is 0 Å². The molecule has 0 saturated heterocycles. The summed E-state index contributed by atoms with van der Waals surface area (Å²) in [6, 6.07) is 4.55. The maximum atomic E-state index is 11.6. The Kier molecular flexibility index (Phi) is 3.77. The van der Waals surface area contributed by atoms with Crippen LogP contribution in [0.15, 0.2) is 23.2 Å². The highest BCUT2D eigenvalue weighted by atomic mass is 32.2. The number of rotatable bonds is 2. The van der Waals surface area contributed by atoms with Crippen LogP contribution >= 0.6 is 0 Å². The molecule has 0 spiro atoms. The predicted molar refractivity (Wildman–Crippen MR) is 61.4 cm³/mol. The Morgan fingerprint density at radius 2 is 2.06 bits per heavy atom. The van der Waals surface area contributed by atoms with Gasteiger partial charge in [0.1, 0.15) is 5.82 Å². The summed E-state index contributed by atoms with van der Waals surface area (Å²) in [7, 11) is 0. The number of hydrogen-bond donors (Lipinski definition) is 2. The van der Waals surface area contributed by atoms with Crippen molar-refractivity contribution in [3.05, 3.63) is 18.2 Å². The van der Waals surface area contributed by atoms with Gasteiger partial charge in [0.25, 0.3) is 0 Å². The Labute approximate surface area is 96.6 Å². The minimum Gasteiger partial charge on any atom is -0.310 e. The van der Waals surface area contributed by atoms with Gasteiger partial charge in [0.05, 0.1) is 0 Å². The summed E-state index contributed by atoms with van der Waals surface area (Å²) >= 11 is -2.14. The SMILES string of the molecule is CC(C)(C)C(=O)Nc1cccc(S(=O)O)n1. The standard InChI is InChI=1S/C10H14N2O3S/c1-10(2,3)9(13)12-7-5-4-6-8(11-7)16(14)15/h4-6H,1-3H3,(H,14,15)(H,11,12,13). The molecule has 0 aliphatic heterocycles. The van der Waals surface area contributed by atoms with Gasteiger partial charge in [-0.15, -0.1) is 0 Å². The average Bonchev–Trinajstić information content (AvgIpc) is 2.16. The van der Waals surface area contributed by atoms with Crippen LogP contribution in [0.2, 0.25) is 0 Å². The first-order valence-corrected chi connectivity index (χ1v) is 5.81.